The van der Waals surface area contributed by atoms with Crippen LogP contribution in [0.2, 0.25) is 5.02 Å². The number of hydrogen-bond acceptors (Lipinski definition) is 4. The van der Waals surface area contributed by atoms with Gasteiger partial charge in [-0.3, -0.25) is 5.10 Å². The Bertz CT molecular complexity index is 1110. The van der Waals surface area contributed by atoms with E-state index >= 15 is 0 Å². The number of pyridine rings is 1. The van der Waals surface area contributed by atoms with Crippen LogP contribution in [-0.2, 0) is 5.60 Å². The summed E-state index contributed by atoms with van der Waals surface area (Å²) in [6, 6.07) is 9.79. The van der Waals surface area contributed by atoms with E-state index in [0.717, 1.165) is 53.5 Å². The van der Waals surface area contributed by atoms with Crippen molar-refractivity contribution in [1.29, 1.82) is 0 Å². The zero-order valence-electron chi connectivity index (χ0n) is 14.6. The molecule has 0 radical (unpaired) electrons. The van der Waals surface area contributed by atoms with Crippen molar-refractivity contribution >= 4 is 22.6 Å². The second-order valence-corrected chi connectivity index (χ2v) is 7.53. The number of aromatic nitrogens is 5. The molecular formula is C20H18ClN5O. The zero-order valence-corrected chi connectivity index (χ0v) is 15.3. The molecule has 0 saturated heterocycles. The van der Waals surface area contributed by atoms with E-state index in [4.69, 9.17) is 11.6 Å². The van der Waals surface area contributed by atoms with Crippen LogP contribution in [-0.4, -0.2) is 29.8 Å². The maximum Gasteiger partial charge on any atom is 0.155 e. The smallest absolute Gasteiger partial charge is 0.155 e. The summed E-state index contributed by atoms with van der Waals surface area (Å²) in [4.78, 5) is 8.85. The van der Waals surface area contributed by atoms with Gasteiger partial charge in [-0.2, -0.15) is 5.10 Å². The number of aromatic amines is 1. The molecule has 3 aromatic heterocycles. The highest BCUT2D eigenvalue weighted by Gasteiger charge is 2.33. The lowest BCUT2D eigenvalue weighted by Gasteiger charge is -2.22. The number of halogens is 1. The van der Waals surface area contributed by atoms with Gasteiger partial charge in [0, 0.05) is 39.6 Å². The zero-order chi connectivity index (χ0) is 18.4. The molecule has 2 N–H and O–H groups in total. The maximum atomic E-state index is 10.8. The summed E-state index contributed by atoms with van der Waals surface area (Å²) in [5.41, 5.74) is 2.74. The predicted octanol–water partition coefficient (Wildman–Crippen LogP) is 4.23. The Kier molecular flexibility index (Phi) is 3.77. The summed E-state index contributed by atoms with van der Waals surface area (Å²) in [5, 5.41) is 19.2. The lowest BCUT2D eigenvalue weighted by Crippen LogP contribution is -2.20. The highest BCUT2D eigenvalue weighted by Crippen LogP contribution is 2.39. The second kappa shape index (κ2) is 6.18. The van der Waals surface area contributed by atoms with Crippen LogP contribution in [0.3, 0.4) is 0 Å². The SMILES string of the molecule is OC1(c2cnc3c(ccn3-c3cc(Cl)cc(-c4ncn[nH]4)c3)c2)CCCC1. The van der Waals surface area contributed by atoms with Gasteiger partial charge in [0.15, 0.2) is 5.82 Å². The Hall–Kier alpha value is -2.70. The summed E-state index contributed by atoms with van der Waals surface area (Å²) < 4.78 is 1.99. The topological polar surface area (TPSA) is 79.6 Å². The monoisotopic (exact) mass is 379 g/mol. The Balaban J connectivity index is 1.60. The Morgan fingerprint density at radius 2 is 1.96 bits per heavy atom. The first-order chi connectivity index (χ1) is 13.1. The molecule has 6 nitrogen and oxygen atoms in total. The van der Waals surface area contributed by atoms with E-state index in [-0.39, 0.29) is 0 Å². The van der Waals surface area contributed by atoms with E-state index in [1.165, 1.54) is 6.33 Å². The van der Waals surface area contributed by atoms with Gasteiger partial charge in [0.25, 0.3) is 0 Å². The van der Waals surface area contributed by atoms with Crippen molar-refractivity contribution in [3.63, 3.8) is 0 Å². The lowest BCUT2D eigenvalue weighted by atomic mass is 9.93. The fourth-order valence-corrected chi connectivity index (χ4v) is 4.16. The van der Waals surface area contributed by atoms with E-state index < -0.39 is 5.60 Å². The largest absolute Gasteiger partial charge is 0.385 e. The molecule has 136 valence electrons. The van der Waals surface area contributed by atoms with E-state index in [2.05, 4.69) is 20.2 Å². The maximum absolute atomic E-state index is 10.8. The minimum absolute atomic E-state index is 0.609. The van der Waals surface area contributed by atoms with E-state index in [1.807, 2.05) is 41.1 Å². The molecule has 1 saturated carbocycles. The van der Waals surface area contributed by atoms with Crippen molar-refractivity contribution in [3.05, 3.63) is 59.6 Å². The minimum atomic E-state index is -0.737. The van der Waals surface area contributed by atoms with Gasteiger partial charge in [0.1, 0.15) is 12.0 Å². The van der Waals surface area contributed by atoms with Gasteiger partial charge in [-0.25, -0.2) is 9.97 Å². The van der Waals surface area contributed by atoms with Gasteiger partial charge >= 0.3 is 0 Å². The van der Waals surface area contributed by atoms with E-state index in [0.29, 0.717) is 10.8 Å². The molecule has 4 aromatic rings. The van der Waals surface area contributed by atoms with E-state index in [9.17, 15) is 5.11 Å². The van der Waals surface area contributed by atoms with Gasteiger partial charge in [0.2, 0.25) is 0 Å². The number of aliphatic hydroxyl groups is 1. The summed E-state index contributed by atoms with van der Waals surface area (Å²) in [7, 11) is 0. The van der Waals surface area contributed by atoms with Crippen LogP contribution in [0.4, 0.5) is 0 Å². The fourth-order valence-electron chi connectivity index (χ4n) is 3.93. The first-order valence-electron chi connectivity index (χ1n) is 8.99. The van der Waals surface area contributed by atoms with Gasteiger partial charge in [0.05, 0.1) is 5.60 Å². The van der Waals surface area contributed by atoms with Crippen molar-refractivity contribution in [1.82, 2.24) is 24.7 Å². The van der Waals surface area contributed by atoms with Crippen LogP contribution in [0.15, 0.2) is 49.1 Å². The van der Waals surface area contributed by atoms with Crippen molar-refractivity contribution in [2.24, 2.45) is 0 Å². The van der Waals surface area contributed by atoms with Gasteiger partial charge in [-0.1, -0.05) is 24.4 Å². The van der Waals surface area contributed by atoms with Gasteiger partial charge < -0.3 is 9.67 Å². The van der Waals surface area contributed by atoms with Crippen LogP contribution in [0, 0.1) is 0 Å². The molecule has 1 aliphatic carbocycles. The van der Waals surface area contributed by atoms with Crippen LogP contribution < -0.4 is 0 Å². The van der Waals surface area contributed by atoms with Gasteiger partial charge in [-0.15, -0.1) is 0 Å². The van der Waals surface area contributed by atoms with Crippen LogP contribution >= 0.6 is 11.6 Å². The molecule has 7 heteroatoms. The molecule has 0 atom stereocenters. The molecule has 0 amide bonds. The number of hydrogen-bond donors (Lipinski definition) is 2. The number of fused-ring (bicyclic) bond motifs is 1. The van der Waals surface area contributed by atoms with Gasteiger partial charge in [-0.05, 0) is 43.2 Å². The molecule has 3 heterocycles. The van der Waals surface area contributed by atoms with Crippen molar-refractivity contribution < 1.29 is 5.11 Å². The van der Waals surface area contributed by atoms with E-state index in [1.54, 1.807) is 6.20 Å². The molecule has 0 spiro atoms. The molecule has 1 aliphatic rings. The number of benzene rings is 1. The first kappa shape index (κ1) is 16.5. The number of H-pyrrole nitrogens is 1. The van der Waals surface area contributed by atoms with Crippen molar-refractivity contribution in [2.75, 3.05) is 0 Å². The molecule has 27 heavy (non-hydrogen) atoms. The van der Waals surface area contributed by atoms with Crippen LogP contribution in [0.1, 0.15) is 31.2 Å². The molecule has 0 unspecified atom stereocenters. The summed E-state index contributed by atoms with van der Waals surface area (Å²) in [6.07, 6.45) is 8.95. The molecular weight excluding hydrogens is 362 g/mol. The molecule has 1 aromatic carbocycles. The highest BCUT2D eigenvalue weighted by atomic mass is 35.5. The van der Waals surface area contributed by atoms with Crippen molar-refractivity contribution in [3.8, 4) is 17.1 Å². The standard InChI is InChI=1S/C20H18ClN5O/c21-16-8-14(18-23-12-24-25-18)9-17(10-16)26-6-3-13-7-15(11-22-19(13)26)20(27)4-1-2-5-20/h3,6-12,27H,1-2,4-5H2,(H,23,24,25). The third kappa shape index (κ3) is 2.81. The number of nitrogens with zero attached hydrogens (tertiary/aromatic N) is 4. The Labute approximate surface area is 160 Å². The summed E-state index contributed by atoms with van der Waals surface area (Å²) >= 11 is 6.34. The quantitative estimate of drug-likeness (QED) is 0.558. The normalized spacial score (nSPS) is 16.2. The summed E-state index contributed by atoms with van der Waals surface area (Å²) in [5.74, 6) is 0.661. The molecule has 1 fully saturated rings. The third-order valence-electron chi connectivity index (χ3n) is 5.34. The minimum Gasteiger partial charge on any atom is -0.385 e. The average molecular weight is 380 g/mol. The lowest BCUT2D eigenvalue weighted by molar-refractivity contribution is 0.0443. The average Bonchev–Trinajstić information content (AvgIpc) is 3.41. The Morgan fingerprint density at radius 1 is 1.11 bits per heavy atom. The number of rotatable bonds is 3. The molecule has 0 aliphatic heterocycles. The number of nitrogens with one attached hydrogen (secondary N) is 1. The van der Waals surface area contributed by atoms with Crippen LogP contribution in [0.5, 0.6) is 0 Å². The second-order valence-electron chi connectivity index (χ2n) is 7.09. The predicted molar refractivity (Wildman–Crippen MR) is 104 cm³/mol. The molecule has 0 bridgehead atoms. The molecule has 5 rings (SSSR count). The fraction of sp³-hybridized carbons (Fsp3) is 0.250. The third-order valence-corrected chi connectivity index (χ3v) is 5.56. The van der Waals surface area contributed by atoms with Crippen molar-refractivity contribution in [2.45, 2.75) is 31.3 Å². The first-order valence-corrected chi connectivity index (χ1v) is 9.37. The van der Waals surface area contributed by atoms with Crippen LogP contribution in [0.25, 0.3) is 28.1 Å². The summed E-state index contributed by atoms with van der Waals surface area (Å²) in [6.45, 7) is 0. The highest BCUT2D eigenvalue weighted by molar-refractivity contribution is 6.31. The Morgan fingerprint density at radius 3 is 2.74 bits per heavy atom.